The van der Waals surface area contributed by atoms with E-state index in [1.165, 1.54) is 4.68 Å². The maximum atomic E-state index is 13.7. The van der Waals surface area contributed by atoms with Gasteiger partial charge in [-0.05, 0) is 63.1 Å². The summed E-state index contributed by atoms with van der Waals surface area (Å²) in [4.78, 5) is 14.6. The quantitative estimate of drug-likeness (QED) is 0.683. The van der Waals surface area contributed by atoms with Crippen molar-refractivity contribution in [3.63, 3.8) is 0 Å². The largest absolute Gasteiger partial charge is 0.494 e. The minimum Gasteiger partial charge on any atom is -0.494 e. The summed E-state index contributed by atoms with van der Waals surface area (Å²) in [6.45, 7) is 5.77. The average molecular weight is 447 g/mol. The van der Waals surface area contributed by atoms with E-state index < -0.39 is 12.5 Å². The number of halogens is 2. The summed E-state index contributed by atoms with van der Waals surface area (Å²) >= 11 is 0. The van der Waals surface area contributed by atoms with Crippen molar-refractivity contribution < 1.29 is 18.3 Å². The molecule has 2 aliphatic heterocycles. The van der Waals surface area contributed by atoms with Crippen LogP contribution in [0.4, 0.5) is 14.6 Å². The number of carbonyl (C=O) groups is 1. The molecule has 2 aromatic rings. The zero-order valence-corrected chi connectivity index (χ0v) is 18.8. The first-order valence-corrected chi connectivity index (χ1v) is 11.5. The Bertz CT molecular complexity index is 907. The monoisotopic (exact) mass is 446 g/mol. The first-order chi connectivity index (χ1) is 15.4. The van der Waals surface area contributed by atoms with Gasteiger partial charge in [0, 0.05) is 31.6 Å². The highest BCUT2D eigenvalue weighted by molar-refractivity contribution is 5.76. The molecule has 4 rings (SSSR count). The molecule has 0 radical (unpaired) electrons. The van der Waals surface area contributed by atoms with E-state index in [4.69, 9.17) is 4.74 Å². The van der Waals surface area contributed by atoms with E-state index >= 15 is 0 Å². The molecule has 1 N–H and O–H groups in total. The second-order valence-corrected chi connectivity index (χ2v) is 8.80. The lowest BCUT2D eigenvalue weighted by Crippen LogP contribution is -2.46. The van der Waals surface area contributed by atoms with Crippen LogP contribution >= 0.6 is 0 Å². The third-order valence-corrected chi connectivity index (χ3v) is 6.61. The summed E-state index contributed by atoms with van der Waals surface area (Å²) in [5.74, 6) is 1.95. The van der Waals surface area contributed by atoms with Crippen molar-refractivity contribution in [2.75, 3.05) is 25.0 Å². The maximum Gasteiger partial charge on any atom is 0.260 e. The van der Waals surface area contributed by atoms with Crippen molar-refractivity contribution in [1.82, 2.24) is 14.7 Å². The third-order valence-electron chi connectivity index (χ3n) is 6.61. The second-order valence-electron chi connectivity index (χ2n) is 8.80. The first kappa shape index (κ1) is 22.6. The molecule has 0 bridgehead atoms. The Hall–Kier alpha value is -2.64. The summed E-state index contributed by atoms with van der Waals surface area (Å²) in [7, 11) is 0. The van der Waals surface area contributed by atoms with Crippen LogP contribution < -0.4 is 10.1 Å². The van der Waals surface area contributed by atoms with Gasteiger partial charge >= 0.3 is 0 Å². The van der Waals surface area contributed by atoms with Crippen molar-refractivity contribution in [3.8, 4) is 5.75 Å². The van der Waals surface area contributed by atoms with Crippen LogP contribution in [0.2, 0.25) is 0 Å². The Morgan fingerprint density at radius 2 is 1.97 bits per heavy atom. The van der Waals surface area contributed by atoms with Crippen LogP contribution in [0.15, 0.2) is 30.3 Å². The average Bonchev–Trinajstić information content (AvgIpc) is 3.18. The molecule has 2 atom stereocenters. The van der Waals surface area contributed by atoms with Gasteiger partial charge in [-0.3, -0.25) is 4.79 Å². The number of hydrogen-bond acceptors (Lipinski definition) is 4. The van der Waals surface area contributed by atoms with Crippen LogP contribution in [0.1, 0.15) is 49.9 Å². The van der Waals surface area contributed by atoms with Crippen LogP contribution in [0.25, 0.3) is 0 Å². The van der Waals surface area contributed by atoms with Gasteiger partial charge in [0.05, 0.1) is 12.3 Å². The molecule has 0 spiro atoms. The molecule has 0 saturated carbocycles. The Labute approximate surface area is 187 Å². The molecule has 1 saturated heterocycles. The van der Waals surface area contributed by atoms with E-state index in [0.717, 1.165) is 29.8 Å². The Kier molecular flexibility index (Phi) is 6.96. The number of amides is 1. The number of hydrogen-bond donors (Lipinski definition) is 1. The topological polar surface area (TPSA) is 59.4 Å². The van der Waals surface area contributed by atoms with Gasteiger partial charge in [-0.1, -0.05) is 12.1 Å². The summed E-state index contributed by atoms with van der Waals surface area (Å²) < 4.78 is 34.2. The lowest BCUT2D eigenvalue weighted by molar-refractivity contribution is -0.132. The summed E-state index contributed by atoms with van der Waals surface area (Å²) in [5, 5.41) is 7.67. The molecule has 3 heterocycles. The Morgan fingerprint density at radius 1 is 1.25 bits per heavy atom. The molecule has 174 valence electrons. The fourth-order valence-electron chi connectivity index (χ4n) is 4.89. The standard InChI is InChI=1S/C24H32F2N4O2/c1-3-32-19-7-4-17(5-8-19)6-9-23(31)29-12-10-18(11-13-29)20-15-21(24(25)26)30-22(27-20)14-16(2)28-30/h4-5,7-8,14,18,20-21,24,27H,3,6,9-13,15H2,1-2H3/t20-,21+/m0/s1. The normalized spacial score (nSPS) is 21.3. The van der Waals surface area contributed by atoms with Crippen molar-refractivity contribution in [3.05, 3.63) is 41.6 Å². The lowest BCUT2D eigenvalue weighted by atomic mass is 9.85. The first-order valence-electron chi connectivity index (χ1n) is 11.5. The fourth-order valence-corrected chi connectivity index (χ4v) is 4.89. The second kappa shape index (κ2) is 9.88. The summed E-state index contributed by atoms with van der Waals surface area (Å²) in [5.41, 5.74) is 1.86. The van der Waals surface area contributed by atoms with Gasteiger partial charge in [-0.25, -0.2) is 13.5 Å². The maximum absolute atomic E-state index is 13.7. The number of benzene rings is 1. The number of aryl methyl sites for hydroxylation is 2. The highest BCUT2D eigenvalue weighted by atomic mass is 19.3. The SMILES string of the molecule is CCOc1ccc(CCC(=O)N2CCC([C@@H]3C[C@H](C(F)F)n4nc(C)cc4N3)CC2)cc1. The number of aromatic nitrogens is 2. The zero-order chi connectivity index (χ0) is 22.7. The van der Waals surface area contributed by atoms with Crippen molar-refractivity contribution in [2.45, 2.75) is 64.5 Å². The number of nitrogens with zero attached hydrogens (tertiary/aromatic N) is 3. The number of alkyl halides is 2. The smallest absolute Gasteiger partial charge is 0.260 e. The number of carbonyl (C=O) groups excluding carboxylic acids is 1. The zero-order valence-electron chi connectivity index (χ0n) is 18.8. The van der Waals surface area contributed by atoms with Gasteiger partial charge in [0.1, 0.15) is 17.6 Å². The number of piperidine rings is 1. The van der Waals surface area contributed by atoms with Gasteiger partial charge in [0.25, 0.3) is 6.43 Å². The van der Waals surface area contributed by atoms with Crippen molar-refractivity contribution >= 4 is 11.7 Å². The number of rotatable bonds is 7. The minimum atomic E-state index is -2.44. The molecule has 32 heavy (non-hydrogen) atoms. The van der Waals surface area contributed by atoms with E-state index in [9.17, 15) is 13.6 Å². The molecule has 2 aliphatic rings. The van der Waals surface area contributed by atoms with Crippen molar-refractivity contribution in [2.24, 2.45) is 5.92 Å². The van der Waals surface area contributed by atoms with Gasteiger partial charge in [-0.2, -0.15) is 5.10 Å². The van der Waals surface area contributed by atoms with Gasteiger partial charge in [-0.15, -0.1) is 0 Å². The number of nitrogens with one attached hydrogen (secondary N) is 1. The van der Waals surface area contributed by atoms with E-state index in [0.29, 0.717) is 44.8 Å². The third kappa shape index (κ3) is 5.05. The molecular formula is C24H32F2N4O2. The van der Waals surface area contributed by atoms with E-state index in [2.05, 4.69) is 10.4 Å². The molecule has 8 heteroatoms. The van der Waals surface area contributed by atoms with Crippen LogP contribution in [0.3, 0.4) is 0 Å². The Morgan fingerprint density at radius 3 is 2.62 bits per heavy atom. The molecule has 0 aliphatic carbocycles. The molecule has 1 amide bonds. The van der Waals surface area contributed by atoms with E-state index in [1.807, 2.05) is 49.1 Å². The number of fused-ring (bicyclic) bond motifs is 1. The van der Waals surface area contributed by atoms with Crippen LogP contribution in [0, 0.1) is 12.8 Å². The summed E-state index contributed by atoms with van der Waals surface area (Å²) in [6, 6.07) is 8.81. The van der Waals surface area contributed by atoms with Crippen LogP contribution in [0.5, 0.6) is 5.75 Å². The van der Waals surface area contributed by atoms with Crippen molar-refractivity contribution in [1.29, 1.82) is 0 Å². The number of ether oxygens (including phenoxy) is 1. The summed E-state index contributed by atoms with van der Waals surface area (Å²) in [6.07, 6.45) is 0.760. The molecule has 1 aromatic carbocycles. The predicted octanol–water partition coefficient (Wildman–Crippen LogP) is 4.45. The molecule has 1 aromatic heterocycles. The van der Waals surface area contributed by atoms with Crippen LogP contribution in [-0.4, -0.2) is 52.8 Å². The molecule has 0 unspecified atom stereocenters. The fraction of sp³-hybridized carbons (Fsp3) is 0.583. The lowest BCUT2D eigenvalue weighted by Gasteiger charge is -2.40. The number of anilines is 1. The minimum absolute atomic E-state index is 0.0151. The highest BCUT2D eigenvalue weighted by Gasteiger charge is 2.38. The molecular weight excluding hydrogens is 414 g/mol. The molecule has 6 nitrogen and oxygen atoms in total. The highest BCUT2D eigenvalue weighted by Crippen LogP contribution is 2.37. The van der Waals surface area contributed by atoms with Gasteiger partial charge in [0.2, 0.25) is 5.91 Å². The van der Waals surface area contributed by atoms with Gasteiger partial charge < -0.3 is 15.0 Å². The molecule has 1 fully saturated rings. The van der Waals surface area contributed by atoms with E-state index in [1.54, 1.807) is 0 Å². The van der Waals surface area contributed by atoms with E-state index in [-0.39, 0.29) is 17.9 Å². The predicted molar refractivity (Wildman–Crippen MR) is 119 cm³/mol. The number of likely N-dealkylation sites (tertiary alicyclic amines) is 1. The van der Waals surface area contributed by atoms with Crippen LogP contribution in [-0.2, 0) is 11.2 Å². The van der Waals surface area contributed by atoms with Gasteiger partial charge in [0.15, 0.2) is 0 Å². The Balaban J connectivity index is 1.28.